The maximum atomic E-state index is 13.4. The van der Waals surface area contributed by atoms with Crippen LogP contribution in [0.15, 0.2) is 75.7 Å². The standard InChI is InChI=1S/C23H19BrN2O6/c1-12-17(21(28)31-11-13-6-4-3-5-7-13)23(22(29)32-12)15-10-14(24)8-9-16(15)26-19(25)18(23)20(27)30-2/h3-10,26H,11,25H2,1-2H3/t23-/m1/s1. The Morgan fingerprint density at radius 3 is 2.53 bits per heavy atom. The summed E-state index contributed by atoms with van der Waals surface area (Å²) in [6, 6.07) is 14.1. The summed E-state index contributed by atoms with van der Waals surface area (Å²) >= 11 is 3.39. The Bertz CT molecular complexity index is 1200. The van der Waals surface area contributed by atoms with Crippen molar-refractivity contribution in [1.29, 1.82) is 0 Å². The van der Waals surface area contributed by atoms with Gasteiger partial charge in [0.25, 0.3) is 0 Å². The fourth-order valence-electron chi connectivity index (χ4n) is 4.04. The highest BCUT2D eigenvalue weighted by atomic mass is 79.9. The normalized spacial score (nSPS) is 19.4. The van der Waals surface area contributed by atoms with Gasteiger partial charge in [0.05, 0.1) is 7.11 Å². The number of rotatable bonds is 4. The molecular weight excluding hydrogens is 480 g/mol. The van der Waals surface area contributed by atoms with Crippen LogP contribution in [0, 0.1) is 0 Å². The number of allylic oxidation sites excluding steroid dienone is 1. The number of hydrogen-bond donors (Lipinski definition) is 2. The summed E-state index contributed by atoms with van der Waals surface area (Å²) in [5.74, 6) is -2.62. The lowest BCUT2D eigenvalue weighted by Gasteiger charge is -2.36. The first kappa shape index (κ1) is 21.6. The molecule has 2 aromatic carbocycles. The number of carbonyl (C=O) groups excluding carboxylic acids is 3. The Morgan fingerprint density at radius 1 is 1.12 bits per heavy atom. The van der Waals surface area contributed by atoms with Crippen molar-refractivity contribution in [3.05, 3.63) is 86.9 Å². The number of hydrogen-bond acceptors (Lipinski definition) is 8. The molecule has 0 fully saturated rings. The van der Waals surface area contributed by atoms with E-state index < -0.39 is 23.3 Å². The van der Waals surface area contributed by atoms with Gasteiger partial charge in [0, 0.05) is 15.7 Å². The minimum absolute atomic E-state index is 0.0232. The second-order valence-corrected chi connectivity index (χ2v) is 8.14. The van der Waals surface area contributed by atoms with Gasteiger partial charge in [-0.05, 0) is 30.7 Å². The van der Waals surface area contributed by atoms with Gasteiger partial charge in [0.2, 0.25) is 0 Å². The summed E-state index contributed by atoms with van der Waals surface area (Å²) in [4.78, 5) is 39.6. The zero-order valence-corrected chi connectivity index (χ0v) is 18.8. The second kappa shape index (κ2) is 8.16. The molecule has 0 radical (unpaired) electrons. The summed E-state index contributed by atoms with van der Waals surface area (Å²) in [6.45, 7) is 1.44. The van der Waals surface area contributed by atoms with Crippen LogP contribution in [-0.4, -0.2) is 25.0 Å². The van der Waals surface area contributed by atoms with E-state index in [-0.39, 0.29) is 29.3 Å². The van der Waals surface area contributed by atoms with E-state index >= 15 is 0 Å². The fraction of sp³-hybridized carbons (Fsp3) is 0.174. The maximum Gasteiger partial charge on any atom is 0.339 e. The van der Waals surface area contributed by atoms with Gasteiger partial charge in [0.15, 0.2) is 5.41 Å². The molecule has 9 heteroatoms. The average molecular weight is 499 g/mol. The number of halogens is 1. The molecule has 1 atom stereocenters. The fourth-order valence-corrected chi connectivity index (χ4v) is 4.40. The Labute approximate surface area is 192 Å². The molecule has 0 bridgehead atoms. The maximum absolute atomic E-state index is 13.4. The highest BCUT2D eigenvalue weighted by Crippen LogP contribution is 2.53. The van der Waals surface area contributed by atoms with Gasteiger partial charge < -0.3 is 25.3 Å². The van der Waals surface area contributed by atoms with E-state index in [9.17, 15) is 14.4 Å². The van der Waals surface area contributed by atoms with Crippen molar-refractivity contribution in [2.45, 2.75) is 18.9 Å². The molecule has 0 saturated carbocycles. The van der Waals surface area contributed by atoms with Crippen molar-refractivity contribution >= 4 is 39.5 Å². The van der Waals surface area contributed by atoms with Crippen LogP contribution < -0.4 is 11.1 Å². The van der Waals surface area contributed by atoms with Gasteiger partial charge in [-0.1, -0.05) is 46.3 Å². The number of ether oxygens (including phenoxy) is 3. The Hall–Kier alpha value is -3.59. The summed E-state index contributed by atoms with van der Waals surface area (Å²) in [7, 11) is 1.16. The van der Waals surface area contributed by atoms with Crippen molar-refractivity contribution in [3.63, 3.8) is 0 Å². The molecule has 1 spiro atoms. The van der Waals surface area contributed by atoms with Gasteiger partial charge in [-0.2, -0.15) is 0 Å². The lowest BCUT2D eigenvalue weighted by molar-refractivity contribution is -0.146. The quantitative estimate of drug-likeness (QED) is 0.487. The molecule has 0 amide bonds. The molecule has 2 aliphatic heterocycles. The number of nitrogens with one attached hydrogen (secondary N) is 1. The number of anilines is 1. The van der Waals surface area contributed by atoms with E-state index in [2.05, 4.69) is 21.2 Å². The molecular formula is C23H19BrN2O6. The first-order valence-electron chi connectivity index (χ1n) is 9.61. The van der Waals surface area contributed by atoms with Crippen LogP contribution in [0.4, 0.5) is 5.69 Å². The van der Waals surface area contributed by atoms with Crippen LogP contribution in [0.5, 0.6) is 0 Å². The van der Waals surface area contributed by atoms with Gasteiger partial charge in [-0.3, -0.25) is 0 Å². The zero-order chi connectivity index (χ0) is 23.0. The lowest BCUT2D eigenvalue weighted by atomic mass is 9.67. The van der Waals surface area contributed by atoms with Crippen molar-refractivity contribution < 1.29 is 28.6 Å². The number of nitrogens with two attached hydrogens (primary N) is 1. The zero-order valence-electron chi connectivity index (χ0n) is 17.2. The first-order valence-corrected chi connectivity index (χ1v) is 10.4. The van der Waals surface area contributed by atoms with Crippen molar-refractivity contribution in [2.24, 2.45) is 5.73 Å². The number of fused-ring (bicyclic) bond motifs is 2. The summed E-state index contributed by atoms with van der Waals surface area (Å²) in [5.41, 5.74) is 5.38. The van der Waals surface area contributed by atoms with E-state index in [1.807, 2.05) is 18.2 Å². The highest BCUT2D eigenvalue weighted by molar-refractivity contribution is 9.10. The average Bonchev–Trinajstić information content (AvgIpc) is 3.03. The van der Waals surface area contributed by atoms with E-state index in [1.165, 1.54) is 6.92 Å². The van der Waals surface area contributed by atoms with Crippen molar-refractivity contribution in [1.82, 2.24) is 0 Å². The van der Waals surface area contributed by atoms with Gasteiger partial charge >= 0.3 is 17.9 Å². The summed E-state index contributed by atoms with van der Waals surface area (Å²) < 4.78 is 16.5. The molecule has 0 aliphatic carbocycles. The predicted molar refractivity (Wildman–Crippen MR) is 118 cm³/mol. The molecule has 8 nitrogen and oxygen atoms in total. The number of cyclic esters (lactones) is 1. The first-order chi connectivity index (χ1) is 15.3. The highest BCUT2D eigenvalue weighted by Gasteiger charge is 2.62. The Balaban J connectivity index is 1.90. The van der Waals surface area contributed by atoms with E-state index in [1.54, 1.807) is 30.3 Å². The van der Waals surface area contributed by atoms with Crippen LogP contribution in [0.1, 0.15) is 18.1 Å². The molecule has 3 N–H and O–H groups in total. The smallest absolute Gasteiger partial charge is 0.339 e. The molecule has 0 aromatic heterocycles. The predicted octanol–water partition coefficient (Wildman–Crippen LogP) is 3.03. The number of carbonyl (C=O) groups is 3. The van der Waals surface area contributed by atoms with Crippen LogP contribution in [0.25, 0.3) is 0 Å². The molecule has 4 rings (SSSR count). The molecule has 2 aromatic rings. The van der Waals surface area contributed by atoms with E-state index in [4.69, 9.17) is 19.9 Å². The molecule has 0 unspecified atom stereocenters. The third kappa shape index (κ3) is 3.25. The topological polar surface area (TPSA) is 117 Å². The summed E-state index contributed by atoms with van der Waals surface area (Å²) in [5, 5.41) is 2.91. The van der Waals surface area contributed by atoms with Crippen LogP contribution in [-0.2, 0) is 40.6 Å². The Kier molecular flexibility index (Phi) is 5.52. The molecule has 32 heavy (non-hydrogen) atoms. The molecule has 2 heterocycles. The SMILES string of the molecule is COC(=O)C1=C(N)Nc2ccc(Br)cc2[C@]12C(=O)OC(C)=C2C(=O)OCc1ccccc1. The monoisotopic (exact) mass is 498 g/mol. The molecule has 2 aliphatic rings. The minimum atomic E-state index is -1.95. The Morgan fingerprint density at radius 2 is 1.84 bits per heavy atom. The largest absolute Gasteiger partial charge is 0.466 e. The van der Waals surface area contributed by atoms with Crippen molar-refractivity contribution in [2.75, 3.05) is 12.4 Å². The van der Waals surface area contributed by atoms with E-state index in [0.29, 0.717) is 15.7 Å². The van der Waals surface area contributed by atoms with Crippen LogP contribution in [0.2, 0.25) is 0 Å². The lowest BCUT2D eigenvalue weighted by Crippen LogP contribution is -2.47. The minimum Gasteiger partial charge on any atom is -0.466 e. The number of benzene rings is 2. The van der Waals surface area contributed by atoms with Crippen LogP contribution >= 0.6 is 15.9 Å². The van der Waals surface area contributed by atoms with E-state index in [0.717, 1.165) is 12.7 Å². The third-order valence-electron chi connectivity index (χ3n) is 5.38. The number of esters is 3. The van der Waals surface area contributed by atoms with Gasteiger partial charge in [0.1, 0.15) is 29.3 Å². The van der Waals surface area contributed by atoms with Crippen molar-refractivity contribution in [3.8, 4) is 0 Å². The summed E-state index contributed by atoms with van der Waals surface area (Å²) in [6.07, 6.45) is 0. The van der Waals surface area contributed by atoms with Gasteiger partial charge in [-0.25, -0.2) is 14.4 Å². The number of methoxy groups -OCH3 is 1. The van der Waals surface area contributed by atoms with Gasteiger partial charge in [-0.15, -0.1) is 0 Å². The molecule has 0 saturated heterocycles. The van der Waals surface area contributed by atoms with Crippen LogP contribution in [0.3, 0.4) is 0 Å². The molecule has 164 valence electrons. The third-order valence-corrected chi connectivity index (χ3v) is 5.88. The second-order valence-electron chi connectivity index (χ2n) is 7.23.